The highest BCUT2D eigenvalue weighted by molar-refractivity contribution is 5.74. The summed E-state index contributed by atoms with van der Waals surface area (Å²) in [7, 11) is 0. The molecule has 2 amide bonds. The fourth-order valence-corrected chi connectivity index (χ4v) is 3.44. The normalized spacial score (nSPS) is 24.3. The number of carbonyl (C=O) groups excluding carboxylic acids is 1. The molecule has 7 heteroatoms. The zero-order chi connectivity index (χ0) is 17.0. The summed E-state index contributed by atoms with van der Waals surface area (Å²) < 4.78 is 8.03. The molecule has 2 aliphatic rings. The molecule has 1 atom stereocenters. The molecule has 134 valence electrons. The highest BCUT2D eigenvalue weighted by atomic mass is 16.5. The lowest BCUT2D eigenvalue weighted by Crippen LogP contribution is -2.54. The number of rotatable bonds is 4. The second kappa shape index (κ2) is 7.51. The molecule has 7 nitrogen and oxygen atoms in total. The molecule has 0 spiro atoms. The smallest absolute Gasteiger partial charge is 0.317 e. The minimum Gasteiger partial charge on any atom is -0.372 e. The summed E-state index contributed by atoms with van der Waals surface area (Å²) in [5, 5.41) is 11.6. The lowest BCUT2D eigenvalue weighted by molar-refractivity contribution is -0.0872. The number of nitrogens with zero attached hydrogens (tertiary/aromatic N) is 4. The summed E-state index contributed by atoms with van der Waals surface area (Å²) in [6.45, 7) is 7.67. The van der Waals surface area contributed by atoms with E-state index >= 15 is 0 Å². The number of urea groups is 1. The Hall–Kier alpha value is -1.63. The summed E-state index contributed by atoms with van der Waals surface area (Å²) in [4.78, 5) is 14.2. The minimum atomic E-state index is -0.222. The van der Waals surface area contributed by atoms with Crippen LogP contribution >= 0.6 is 0 Å². The number of morpholine rings is 1. The lowest BCUT2D eigenvalue weighted by Gasteiger charge is -2.39. The van der Waals surface area contributed by atoms with Gasteiger partial charge in [0.05, 0.1) is 18.8 Å². The number of nitrogens with one attached hydrogen (secondary N) is 1. The number of aryl methyl sites for hydroxylation is 1. The monoisotopic (exact) mass is 335 g/mol. The Bertz CT molecular complexity index is 573. The Labute approximate surface area is 143 Å². The van der Waals surface area contributed by atoms with E-state index in [-0.39, 0.29) is 11.6 Å². The third-order valence-corrected chi connectivity index (χ3v) is 5.18. The van der Waals surface area contributed by atoms with Crippen LogP contribution in [0.4, 0.5) is 4.79 Å². The molecule has 1 aromatic heterocycles. The molecular formula is C17H29N5O2. The average Bonchev–Trinajstić information content (AvgIpc) is 2.81. The third-order valence-electron chi connectivity index (χ3n) is 5.18. The van der Waals surface area contributed by atoms with E-state index in [1.165, 1.54) is 19.3 Å². The molecular weight excluding hydrogens is 306 g/mol. The van der Waals surface area contributed by atoms with Crippen molar-refractivity contribution in [2.75, 3.05) is 26.2 Å². The first-order valence-corrected chi connectivity index (χ1v) is 9.19. The molecule has 2 aliphatic heterocycles. The van der Waals surface area contributed by atoms with Crippen molar-refractivity contribution in [3.63, 3.8) is 0 Å². The number of aromatic nitrogens is 3. The maximum absolute atomic E-state index is 12.4. The molecule has 3 heterocycles. The Balaban J connectivity index is 1.50. The zero-order valence-corrected chi connectivity index (χ0v) is 14.9. The van der Waals surface area contributed by atoms with E-state index in [9.17, 15) is 4.79 Å². The number of fused-ring (bicyclic) bond motifs is 1. The number of carbonyl (C=O) groups is 1. The van der Waals surface area contributed by atoms with Gasteiger partial charge in [-0.3, -0.25) is 0 Å². The van der Waals surface area contributed by atoms with Crippen LogP contribution in [-0.2, 0) is 24.1 Å². The average molecular weight is 335 g/mol. The lowest BCUT2D eigenvalue weighted by atomic mass is 10.0. The Morgan fingerprint density at radius 3 is 3.00 bits per heavy atom. The minimum absolute atomic E-state index is 0.00594. The predicted molar refractivity (Wildman–Crippen MR) is 90.9 cm³/mol. The predicted octanol–water partition coefficient (Wildman–Crippen LogP) is 1.76. The topological polar surface area (TPSA) is 72.3 Å². The van der Waals surface area contributed by atoms with Crippen LogP contribution in [0.2, 0.25) is 0 Å². The van der Waals surface area contributed by atoms with Gasteiger partial charge in [0, 0.05) is 32.5 Å². The van der Waals surface area contributed by atoms with Crippen molar-refractivity contribution >= 4 is 6.03 Å². The summed E-state index contributed by atoms with van der Waals surface area (Å²) in [6, 6.07) is -0.00594. The fourth-order valence-electron chi connectivity index (χ4n) is 3.44. The Morgan fingerprint density at radius 1 is 1.29 bits per heavy atom. The van der Waals surface area contributed by atoms with Gasteiger partial charge in [-0.05, 0) is 26.2 Å². The van der Waals surface area contributed by atoms with Gasteiger partial charge in [-0.2, -0.15) is 0 Å². The Morgan fingerprint density at radius 2 is 2.17 bits per heavy atom. The summed E-state index contributed by atoms with van der Waals surface area (Å²) in [5.41, 5.74) is -0.222. The van der Waals surface area contributed by atoms with Crippen molar-refractivity contribution in [3.05, 3.63) is 11.6 Å². The molecule has 0 saturated carbocycles. The van der Waals surface area contributed by atoms with Gasteiger partial charge < -0.3 is 19.5 Å². The van der Waals surface area contributed by atoms with Crippen molar-refractivity contribution in [1.82, 2.24) is 25.0 Å². The first-order valence-electron chi connectivity index (χ1n) is 9.19. The molecule has 0 aromatic carbocycles. The standard InChI is InChI=1S/C17H29N5O2/c1-3-17(2)13-21(11-12-24-17)16(23)18-9-8-15-20-19-14-7-5-4-6-10-22(14)15/h3-13H2,1-2H3,(H,18,23). The van der Waals surface area contributed by atoms with Crippen LogP contribution in [0.15, 0.2) is 0 Å². The van der Waals surface area contributed by atoms with Crippen LogP contribution in [0.5, 0.6) is 0 Å². The number of ether oxygens (including phenoxy) is 1. The van der Waals surface area contributed by atoms with E-state index in [1.54, 1.807) is 0 Å². The van der Waals surface area contributed by atoms with Crippen molar-refractivity contribution in [1.29, 1.82) is 0 Å². The van der Waals surface area contributed by atoms with E-state index in [4.69, 9.17) is 4.74 Å². The fraction of sp³-hybridized carbons (Fsp3) is 0.824. The highest BCUT2D eigenvalue weighted by Gasteiger charge is 2.32. The second-order valence-electron chi connectivity index (χ2n) is 7.05. The highest BCUT2D eigenvalue weighted by Crippen LogP contribution is 2.21. The zero-order valence-electron chi connectivity index (χ0n) is 14.9. The first-order chi connectivity index (χ1) is 11.6. The number of amides is 2. The molecule has 1 N–H and O–H groups in total. The first kappa shape index (κ1) is 17.2. The molecule has 0 bridgehead atoms. The van der Waals surface area contributed by atoms with Crippen LogP contribution in [0.1, 0.15) is 51.2 Å². The van der Waals surface area contributed by atoms with Crippen LogP contribution in [0.3, 0.4) is 0 Å². The maximum atomic E-state index is 12.4. The molecule has 24 heavy (non-hydrogen) atoms. The molecule has 0 radical (unpaired) electrons. The molecule has 3 rings (SSSR count). The van der Waals surface area contributed by atoms with Crippen LogP contribution < -0.4 is 5.32 Å². The van der Waals surface area contributed by atoms with E-state index in [0.717, 1.165) is 37.5 Å². The van der Waals surface area contributed by atoms with Crippen LogP contribution in [-0.4, -0.2) is 57.5 Å². The SMILES string of the molecule is CCC1(C)CN(C(=O)NCCc2nnc3n2CCCCC3)CCO1. The van der Waals surface area contributed by atoms with Gasteiger partial charge >= 0.3 is 6.03 Å². The van der Waals surface area contributed by atoms with Gasteiger partial charge in [-0.15, -0.1) is 10.2 Å². The summed E-state index contributed by atoms with van der Waals surface area (Å²) in [5.74, 6) is 2.09. The third kappa shape index (κ3) is 3.88. The van der Waals surface area contributed by atoms with Gasteiger partial charge in [0.1, 0.15) is 11.6 Å². The quantitative estimate of drug-likeness (QED) is 0.910. The van der Waals surface area contributed by atoms with Gasteiger partial charge in [-0.1, -0.05) is 13.3 Å². The van der Waals surface area contributed by atoms with Gasteiger partial charge in [0.2, 0.25) is 0 Å². The summed E-state index contributed by atoms with van der Waals surface area (Å²) >= 11 is 0. The van der Waals surface area contributed by atoms with Crippen LogP contribution in [0.25, 0.3) is 0 Å². The largest absolute Gasteiger partial charge is 0.372 e. The van der Waals surface area contributed by atoms with Crippen LogP contribution in [0, 0.1) is 0 Å². The number of hydrogen-bond donors (Lipinski definition) is 1. The van der Waals surface area contributed by atoms with E-state index in [2.05, 4.69) is 33.9 Å². The van der Waals surface area contributed by atoms with E-state index in [1.807, 2.05) is 4.90 Å². The van der Waals surface area contributed by atoms with Gasteiger partial charge in [0.25, 0.3) is 0 Å². The van der Waals surface area contributed by atoms with Gasteiger partial charge in [0.15, 0.2) is 0 Å². The Kier molecular flexibility index (Phi) is 5.38. The molecule has 1 aromatic rings. The van der Waals surface area contributed by atoms with Crippen molar-refractivity contribution in [2.24, 2.45) is 0 Å². The molecule has 0 aliphatic carbocycles. The molecule has 1 fully saturated rings. The van der Waals surface area contributed by atoms with Crippen molar-refractivity contribution in [2.45, 2.75) is 64.5 Å². The van der Waals surface area contributed by atoms with E-state index in [0.29, 0.717) is 26.2 Å². The number of hydrogen-bond acceptors (Lipinski definition) is 4. The maximum Gasteiger partial charge on any atom is 0.317 e. The second-order valence-corrected chi connectivity index (χ2v) is 7.05. The summed E-state index contributed by atoms with van der Waals surface area (Å²) in [6.07, 6.45) is 6.29. The molecule has 1 unspecified atom stereocenters. The van der Waals surface area contributed by atoms with E-state index < -0.39 is 0 Å². The molecule has 1 saturated heterocycles. The van der Waals surface area contributed by atoms with Crippen molar-refractivity contribution < 1.29 is 9.53 Å². The van der Waals surface area contributed by atoms with Crippen molar-refractivity contribution in [3.8, 4) is 0 Å². The van der Waals surface area contributed by atoms with Gasteiger partial charge in [-0.25, -0.2) is 4.79 Å².